The first-order valence-corrected chi connectivity index (χ1v) is 7.50. The summed E-state index contributed by atoms with van der Waals surface area (Å²) in [5, 5.41) is 3.30. The lowest BCUT2D eigenvalue weighted by Crippen LogP contribution is -2.07. The van der Waals surface area contributed by atoms with Gasteiger partial charge in [-0.25, -0.2) is 18.1 Å². The van der Waals surface area contributed by atoms with Crippen molar-refractivity contribution in [2.75, 3.05) is 0 Å². The Morgan fingerprint density at radius 3 is 2.35 bits per heavy atom. The van der Waals surface area contributed by atoms with Gasteiger partial charge in [-0.2, -0.15) is 18.3 Å². The van der Waals surface area contributed by atoms with E-state index in [0.717, 1.165) is 17.1 Å². The van der Waals surface area contributed by atoms with Crippen LogP contribution in [0.3, 0.4) is 0 Å². The molecule has 0 unspecified atom stereocenters. The highest BCUT2D eigenvalue weighted by molar-refractivity contribution is 8.13. The molecule has 0 aromatic carbocycles. The van der Waals surface area contributed by atoms with E-state index < -0.39 is 20.8 Å². The molecule has 5 nitrogen and oxygen atoms in total. The molecule has 11 heteroatoms. The van der Waals surface area contributed by atoms with Gasteiger partial charge in [-0.3, -0.25) is 0 Å². The molecule has 108 valence electrons. The largest absolute Gasteiger partial charge is 0.417 e. The van der Waals surface area contributed by atoms with Crippen LogP contribution in [0.2, 0.25) is 5.02 Å². The average molecular weight is 346 g/mol. The summed E-state index contributed by atoms with van der Waals surface area (Å²) in [5.74, 6) is -0.147. The maximum absolute atomic E-state index is 12.4. The fraction of sp³-hybridized carbons (Fsp3) is 0.111. The lowest BCUT2D eigenvalue weighted by atomic mass is 10.3. The fourth-order valence-electron chi connectivity index (χ4n) is 1.30. The Hall–Kier alpha value is -1.32. The van der Waals surface area contributed by atoms with Crippen molar-refractivity contribution in [3.8, 4) is 5.82 Å². The first-order chi connectivity index (χ1) is 9.09. The first kappa shape index (κ1) is 15.1. The molecule has 0 radical (unpaired) electrons. The number of hydrogen-bond acceptors (Lipinski definition) is 4. The molecule has 0 saturated heterocycles. The summed E-state index contributed by atoms with van der Waals surface area (Å²) in [7, 11) is 1.10. The van der Waals surface area contributed by atoms with E-state index in [1.54, 1.807) is 0 Å². The third kappa shape index (κ3) is 3.05. The summed E-state index contributed by atoms with van der Waals surface area (Å²) in [6, 6.07) is 0.667. The zero-order chi connectivity index (χ0) is 15.1. The Kier molecular flexibility index (Phi) is 3.69. The standard InChI is InChI=1S/C9H4Cl2F3N3O2S/c10-7-1-5(9(12,13)14)2-15-8(7)17-4-6(3-16-17)20(11,18)19/h1-4H. The highest BCUT2D eigenvalue weighted by Gasteiger charge is 2.31. The van der Waals surface area contributed by atoms with Gasteiger partial charge in [0, 0.05) is 16.9 Å². The summed E-state index contributed by atoms with van der Waals surface area (Å²) < 4.78 is 60.4. The highest BCUT2D eigenvalue weighted by Crippen LogP contribution is 2.32. The van der Waals surface area contributed by atoms with Gasteiger partial charge in [0.2, 0.25) is 0 Å². The second-order valence-electron chi connectivity index (χ2n) is 3.59. The van der Waals surface area contributed by atoms with Gasteiger partial charge in [0.15, 0.2) is 5.82 Å². The monoisotopic (exact) mass is 345 g/mol. The second-order valence-corrected chi connectivity index (χ2v) is 6.56. The van der Waals surface area contributed by atoms with Crippen LogP contribution in [0.5, 0.6) is 0 Å². The Morgan fingerprint density at radius 1 is 1.25 bits per heavy atom. The lowest BCUT2D eigenvalue weighted by Gasteiger charge is -2.08. The van der Waals surface area contributed by atoms with Crippen LogP contribution in [0.1, 0.15) is 5.56 Å². The second kappa shape index (κ2) is 4.90. The van der Waals surface area contributed by atoms with Gasteiger partial charge in [0.25, 0.3) is 9.05 Å². The Morgan fingerprint density at radius 2 is 1.90 bits per heavy atom. The topological polar surface area (TPSA) is 64.8 Å². The SMILES string of the molecule is O=S(=O)(Cl)c1cnn(-c2ncc(C(F)(F)F)cc2Cl)c1. The lowest BCUT2D eigenvalue weighted by molar-refractivity contribution is -0.137. The van der Waals surface area contributed by atoms with E-state index in [1.807, 2.05) is 0 Å². The van der Waals surface area contributed by atoms with E-state index in [4.69, 9.17) is 22.3 Å². The molecular formula is C9H4Cl2F3N3O2S. The van der Waals surface area contributed by atoms with Gasteiger partial charge >= 0.3 is 6.18 Å². The summed E-state index contributed by atoms with van der Waals surface area (Å²) in [6.07, 6.45) is -2.09. The highest BCUT2D eigenvalue weighted by atomic mass is 35.7. The van der Waals surface area contributed by atoms with Crippen molar-refractivity contribution in [1.29, 1.82) is 0 Å². The van der Waals surface area contributed by atoms with Crippen molar-refractivity contribution < 1.29 is 21.6 Å². The molecule has 0 aliphatic carbocycles. The van der Waals surface area contributed by atoms with Crippen LogP contribution in [-0.2, 0) is 15.2 Å². The van der Waals surface area contributed by atoms with E-state index in [1.165, 1.54) is 0 Å². The summed E-state index contributed by atoms with van der Waals surface area (Å²) >= 11 is 5.69. The number of hydrogen-bond donors (Lipinski definition) is 0. The molecule has 0 atom stereocenters. The number of halogens is 5. The molecular weight excluding hydrogens is 342 g/mol. The summed E-state index contributed by atoms with van der Waals surface area (Å²) in [5.41, 5.74) is -1.02. The third-order valence-electron chi connectivity index (χ3n) is 2.21. The molecule has 0 amide bonds. The van der Waals surface area contributed by atoms with Crippen LogP contribution >= 0.6 is 22.3 Å². The van der Waals surface area contributed by atoms with Crippen molar-refractivity contribution >= 4 is 31.3 Å². The average Bonchev–Trinajstić information content (AvgIpc) is 2.76. The van der Waals surface area contributed by atoms with Crippen molar-refractivity contribution in [1.82, 2.24) is 14.8 Å². The van der Waals surface area contributed by atoms with E-state index in [-0.39, 0.29) is 15.7 Å². The number of pyridine rings is 1. The van der Waals surface area contributed by atoms with E-state index in [0.29, 0.717) is 12.3 Å². The molecule has 0 spiro atoms. The Balaban J connectivity index is 2.47. The van der Waals surface area contributed by atoms with Crippen molar-refractivity contribution in [2.24, 2.45) is 0 Å². The predicted octanol–water partition coefficient (Wildman–Crippen LogP) is 2.87. The first-order valence-electron chi connectivity index (χ1n) is 4.81. The van der Waals surface area contributed by atoms with Gasteiger partial charge in [-0.05, 0) is 6.07 Å². The van der Waals surface area contributed by atoms with Crippen molar-refractivity contribution in [3.63, 3.8) is 0 Å². The minimum absolute atomic E-state index is 0.147. The molecule has 0 aliphatic heterocycles. The number of alkyl halides is 3. The molecule has 0 N–H and O–H groups in total. The molecule has 20 heavy (non-hydrogen) atoms. The Bertz CT molecular complexity index is 758. The zero-order valence-corrected chi connectivity index (χ0v) is 11.6. The molecule has 0 aliphatic rings. The zero-order valence-electron chi connectivity index (χ0n) is 9.27. The molecule has 2 aromatic heterocycles. The summed E-state index contributed by atoms with van der Waals surface area (Å²) in [6.45, 7) is 0. The van der Waals surface area contributed by atoms with E-state index in [9.17, 15) is 21.6 Å². The predicted molar refractivity (Wildman–Crippen MR) is 64.4 cm³/mol. The maximum atomic E-state index is 12.4. The van der Waals surface area contributed by atoms with Crippen molar-refractivity contribution in [2.45, 2.75) is 11.1 Å². The van der Waals surface area contributed by atoms with Crippen LogP contribution in [0.15, 0.2) is 29.6 Å². The molecule has 2 heterocycles. The number of rotatable bonds is 2. The quantitative estimate of drug-likeness (QED) is 0.785. The van der Waals surface area contributed by atoms with Crippen molar-refractivity contribution in [3.05, 3.63) is 35.2 Å². The molecule has 0 saturated carbocycles. The Labute approximate surface area is 120 Å². The maximum Gasteiger partial charge on any atom is 0.417 e. The smallest absolute Gasteiger partial charge is 0.235 e. The van der Waals surface area contributed by atoms with Gasteiger partial charge in [0.05, 0.1) is 23.0 Å². The number of nitrogens with zero attached hydrogens (tertiary/aromatic N) is 3. The fourth-order valence-corrected chi connectivity index (χ4v) is 2.19. The normalized spacial score (nSPS) is 12.7. The van der Waals surface area contributed by atoms with Crippen LogP contribution in [0.4, 0.5) is 13.2 Å². The van der Waals surface area contributed by atoms with E-state index >= 15 is 0 Å². The molecule has 0 bridgehead atoms. The van der Waals surface area contributed by atoms with E-state index in [2.05, 4.69) is 10.1 Å². The van der Waals surface area contributed by atoms with Crippen LogP contribution in [0.25, 0.3) is 5.82 Å². The molecule has 2 aromatic rings. The minimum Gasteiger partial charge on any atom is -0.235 e. The van der Waals surface area contributed by atoms with Gasteiger partial charge in [0.1, 0.15) is 4.90 Å². The molecule has 2 rings (SSSR count). The van der Waals surface area contributed by atoms with Gasteiger partial charge in [-0.15, -0.1) is 0 Å². The summed E-state index contributed by atoms with van der Waals surface area (Å²) in [4.78, 5) is 3.20. The van der Waals surface area contributed by atoms with Crippen LogP contribution < -0.4 is 0 Å². The van der Waals surface area contributed by atoms with Gasteiger partial charge < -0.3 is 0 Å². The van der Waals surface area contributed by atoms with Crippen LogP contribution in [0, 0.1) is 0 Å². The third-order valence-corrected chi connectivity index (χ3v) is 3.79. The minimum atomic E-state index is -4.58. The number of aromatic nitrogens is 3. The van der Waals surface area contributed by atoms with Gasteiger partial charge in [-0.1, -0.05) is 11.6 Å². The van der Waals surface area contributed by atoms with Crippen LogP contribution in [-0.4, -0.2) is 23.2 Å². The molecule has 0 fully saturated rings.